The SMILES string of the molecule is CCCN(C)C[C@H]1Oc2ncc(-c3ccccc3)cc2C(=O)N([C@H](C)CO)C[C@@H]1C. The number of benzene rings is 1. The van der Waals surface area contributed by atoms with Crippen molar-refractivity contribution in [1.82, 2.24) is 14.8 Å². The highest BCUT2D eigenvalue weighted by Crippen LogP contribution is 2.30. The molecule has 3 rings (SSSR count). The standard InChI is InChI=1S/C24H33N3O3/c1-5-11-26(4)15-22-17(2)14-27(18(3)16-28)24(29)21-12-20(13-25-23(21)30-22)19-9-7-6-8-10-19/h6-10,12-13,17-18,22,28H,5,11,14-16H2,1-4H3/t17-,18+,22+/m0/s1. The molecule has 1 amide bonds. The van der Waals surface area contributed by atoms with Gasteiger partial charge in [0, 0.05) is 30.8 Å². The van der Waals surface area contributed by atoms with E-state index in [0.717, 1.165) is 30.6 Å². The van der Waals surface area contributed by atoms with E-state index in [2.05, 4.69) is 30.8 Å². The fourth-order valence-electron chi connectivity index (χ4n) is 3.89. The third kappa shape index (κ3) is 4.99. The number of carbonyl (C=O) groups is 1. The average molecular weight is 412 g/mol. The lowest BCUT2D eigenvalue weighted by molar-refractivity contribution is 0.0331. The minimum absolute atomic E-state index is 0.0825. The van der Waals surface area contributed by atoms with Crippen LogP contribution in [0.15, 0.2) is 42.6 Å². The van der Waals surface area contributed by atoms with E-state index in [1.165, 1.54) is 0 Å². The number of carbonyl (C=O) groups excluding carboxylic acids is 1. The molecule has 0 bridgehead atoms. The maximum Gasteiger partial charge on any atom is 0.259 e. The van der Waals surface area contributed by atoms with E-state index in [1.807, 2.05) is 43.3 Å². The molecular formula is C24H33N3O3. The van der Waals surface area contributed by atoms with Gasteiger partial charge in [0.25, 0.3) is 5.91 Å². The molecule has 0 radical (unpaired) electrons. The number of rotatable bonds is 7. The molecule has 1 aliphatic rings. The second-order valence-electron chi connectivity index (χ2n) is 8.33. The minimum atomic E-state index is -0.277. The fraction of sp³-hybridized carbons (Fsp3) is 0.500. The molecule has 30 heavy (non-hydrogen) atoms. The molecule has 0 spiro atoms. The number of ether oxygens (including phenoxy) is 1. The monoisotopic (exact) mass is 411 g/mol. The first-order chi connectivity index (χ1) is 14.4. The van der Waals surface area contributed by atoms with E-state index in [1.54, 1.807) is 11.1 Å². The van der Waals surface area contributed by atoms with Gasteiger partial charge in [0.05, 0.1) is 12.6 Å². The zero-order valence-corrected chi connectivity index (χ0v) is 18.4. The Balaban J connectivity index is 2.01. The highest BCUT2D eigenvalue weighted by atomic mass is 16.5. The number of likely N-dealkylation sites (N-methyl/N-ethyl adjacent to an activating group) is 1. The Hall–Kier alpha value is -2.44. The molecule has 0 saturated carbocycles. The lowest BCUT2D eigenvalue weighted by Crippen LogP contribution is -2.50. The molecule has 1 aromatic carbocycles. The molecule has 0 unspecified atom stereocenters. The molecule has 1 N–H and O–H groups in total. The first kappa shape index (κ1) is 22.2. The van der Waals surface area contributed by atoms with Gasteiger partial charge in [0.15, 0.2) is 0 Å². The number of amides is 1. The van der Waals surface area contributed by atoms with E-state index in [0.29, 0.717) is 18.0 Å². The Morgan fingerprint density at radius 1 is 1.30 bits per heavy atom. The lowest BCUT2D eigenvalue weighted by atomic mass is 9.99. The summed E-state index contributed by atoms with van der Waals surface area (Å²) >= 11 is 0. The summed E-state index contributed by atoms with van der Waals surface area (Å²) in [7, 11) is 2.09. The molecule has 0 aliphatic carbocycles. The van der Waals surface area contributed by atoms with E-state index in [4.69, 9.17) is 4.74 Å². The van der Waals surface area contributed by atoms with Gasteiger partial charge in [0.2, 0.25) is 5.88 Å². The van der Waals surface area contributed by atoms with Gasteiger partial charge in [-0.15, -0.1) is 0 Å². The van der Waals surface area contributed by atoms with Crippen molar-refractivity contribution in [2.75, 3.05) is 33.3 Å². The van der Waals surface area contributed by atoms with Gasteiger partial charge in [-0.25, -0.2) is 4.98 Å². The molecule has 162 valence electrons. The van der Waals surface area contributed by atoms with Crippen LogP contribution < -0.4 is 4.74 Å². The van der Waals surface area contributed by atoms with Gasteiger partial charge in [-0.3, -0.25) is 4.79 Å². The third-order valence-electron chi connectivity index (χ3n) is 5.73. The van der Waals surface area contributed by atoms with Crippen LogP contribution in [0.3, 0.4) is 0 Å². The number of aliphatic hydroxyl groups is 1. The second-order valence-corrected chi connectivity index (χ2v) is 8.33. The van der Waals surface area contributed by atoms with Crippen LogP contribution in [0.5, 0.6) is 5.88 Å². The van der Waals surface area contributed by atoms with Crippen LogP contribution in [0.1, 0.15) is 37.6 Å². The predicted octanol–water partition coefficient (Wildman–Crippen LogP) is 3.31. The fourth-order valence-corrected chi connectivity index (χ4v) is 3.89. The summed E-state index contributed by atoms with van der Waals surface area (Å²) in [5.41, 5.74) is 2.32. The van der Waals surface area contributed by atoms with E-state index in [9.17, 15) is 9.90 Å². The zero-order valence-electron chi connectivity index (χ0n) is 18.4. The maximum absolute atomic E-state index is 13.4. The average Bonchev–Trinajstić information content (AvgIpc) is 2.76. The van der Waals surface area contributed by atoms with Gasteiger partial charge in [-0.2, -0.15) is 0 Å². The maximum atomic E-state index is 13.4. The summed E-state index contributed by atoms with van der Waals surface area (Å²) < 4.78 is 6.33. The number of nitrogens with zero attached hydrogens (tertiary/aromatic N) is 3. The number of aromatic nitrogens is 1. The lowest BCUT2D eigenvalue weighted by Gasteiger charge is -2.37. The van der Waals surface area contributed by atoms with Crippen LogP contribution in [-0.2, 0) is 0 Å². The number of hydrogen-bond donors (Lipinski definition) is 1. The minimum Gasteiger partial charge on any atom is -0.472 e. The van der Waals surface area contributed by atoms with Crippen molar-refractivity contribution in [3.8, 4) is 17.0 Å². The van der Waals surface area contributed by atoms with Crippen LogP contribution in [0.4, 0.5) is 0 Å². The summed E-state index contributed by atoms with van der Waals surface area (Å²) in [6, 6.07) is 11.5. The molecule has 2 aromatic rings. The van der Waals surface area contributed by atoms with Crippen molar-refractivity contribution in [1.29, 1.82) is 0 Å². The highest BCUT2D eigenvalue weighted by molar-refractivity contribution is 5.98. The van der Waals surface area contributed by atoms with Crippen LogP contribution in [0, 0.1) is 5.92 Å². The molecular weight excluding hydrogens is 378 g/mol. The molecule has 6 heteroatoms. The smallest absolute Gasteiger partial charge is 0.259 e. The third-order valence-corrected chi connectivity index (χ3v) is 5.73. The van der Waals surface area contributed by atoms with E-state index >= 15 is 0 Å². The van der Waals surface area contributed by atoms with Crippen molar-refractivity contribution in [3.63, 3.8) is 0 Å². The van der Waals surface area contributed by atoms with Crippen molar-refractivity contribution >= 4 is 5.91 Å². The Morgan fingerprint density at radius 3 is 2.70 bits per heavy atom. The summed E-state index contributed by atoms with van der Waals surface area (Å²) in [6.45, 7) is 8.31. The van der Waals surface area contributed by atoms with Gasteiger partial charge in [-0.1, -0.05) is 44.2 Å². The molecule has 1 aromatic heterocycles. The van der Waals surface area contributed by atoms with Crippen LogP contribution in [0.2, 0.25) is 0 Å². The highest BCUT2D eigenvalue weighted by Gasteiger charge is 2.34. The van der Waals surface area contributed by atoms with Crippen molar-refractivity contribution < 1.29 is 14.6 Å². The molecule has 2 heterocycles. The topological polar surface area (TPSA) is 65.9 Å². The summed E-state index contributed by atoms with van der Waals surface area (Å²) in [5.74, 6) is 0.325. The molecule has 0 fully saturated rings. The Morgan fingerprint density at radius 2 is 2.03 bits per heavy atom. The normalized spacial score (nSPS) is 20.3. The van der Waals surface area contributed by atoms with Crippen LogP contribution in [-0.4, -0.2) is 71.2 Å². The van der Waals surface area contributed by atoms with Gasteiger partial charge >= 0.3 is 0 Å². The van der Waals surface area contributed by atoms with Crippen molar-refractivity contribution in [2.24, 2.45) is 5.92 Å². The second kappa shape index (κ2) is 10.0. The summed E-state index contributed by atoms with van der Waals surface area (Å²) in [6.07, 6.45) is 2.73. The van der Waals surface area contributed by atoms with Crippen molar-refractivity contribution in [3.05, 3.63) is 48.2 Å². The number of aliphatic hydroxyl groups excluding tert-OH is 1. The number of fused-ring (bicyclic) bond motifs is 1. The Labute approximate surface area is 179 Å². The first-order valence-electron chi connectivity index (χ1n) is 10.8. The molecule has 6 nitrogen and oxygen atoms in total. The van der Waals surface area contributed by atoms with Gasteiger partial charge in [0.1, 0.15) is 11.7 Å². The van der Waals surface area contributed by atoms with Crippen LogP contribution in [0.25, 0.3) is 11.1 Å². The van der Waals surface area contributed by atoms with E-state index < -0.39 is 0 Å². The Kier molecular flexibility index (Phi) is 7.45. The summed E-state index contributed by atoms with van der Waals surface area (Å²) in [5, 5.41) is 9.77. The number of hydrogen-bond acceptors (Lipinski definition) is 5. The molecule has 3 atom stereocenters. The molecule has 1 aliphatic heterocycles. The van der Waals surface area contributed by atoms with Gasteiger partial charge in [-0.05, 0) is 38.6 Å². The largest absolute Gasteiger partial charge is 0.472 e. The van der Waals surface area contributed by atoms with Crippen LogP contribution >= 0.6 is 0 Å². The number of pyridine rings is 1. The predicted molar refractivity (Wildman–Crippen MR) is 119 cm³/mol. The quantitative estimate of drug-likeness (QED) is 0.757. The Bertz CT molecular complexity index is 843. The first-order valence-corrected chi connectivity index (χ1v) is 10.8. The zero-order chi connectivity index (χ0) is 21.7. The van der Waals surface area contributed by atoms with E-state index in [-0.39, 0.29) is 30.6 Å². The molecule has 0 saturated heterocycles. The van der Waals surface area contributed by atoms with Crippen molar-refractivity contribution in [2.45, 2.75) is 39.3 Å². The summed E-state index contributed by atoms with van der Waals surface area (Å²) in [4.78, 5) is 22.0. The van der Waals surface area contributed by atoms with Gasteiger partial charge < -0.3 is 19.6 Å².